The van der Waals surface area contributed by atoms with Gasteiger partial charge in [0.1, 0.15) is 16.5 Å². The molecule has 1 aliphatic rings. The number of fused-ring (bicyclic) bond motifs is 1. The topological polar surface area (TPSA) is 68.5 Å². The molecule has 0 saturated carbocycles. The maximum absolute atomic E-state index is 12.5. The zero-order valence-corrected chi connectivity index (χ0v) is 13.2. The van der Waals surface area contributed by atoms with Gasteiger partial charge in [-0.15, -0.1) is 23.7 Å². The van der Waals surface area contributed by atoms with Crippen molar-refractivity contribution in [3.8, 4) is 5.75 Å². The Morgan fingerprint density at radius 1 is 1.52 bits per heavy atom. The minimum Gasteiger partial charge on any atom is -0.497 e. The van der Waals surface area contributed by atoms with E-state index in [0.29, 0.717) is 18.8 Å². The molecule has 0 atom stereocenters. The third kappa shape index (κ3) is 2.88. The third-order valence-corrected chi connectivity index (χ3v) is 4.24. The first-order valence-corrected chi connectivity index (χ1v) is 7.24. The van der Waals surface area contributed by atoms with Crippen LogP contribution in [0.25, 0.3) is 0 Å². The van der Waals surface area contributed by atoms with Crippen molar-refractivity contribution in [3.63, 3.8) is 0 Å². The molecule has 0 radical (unpaired) electrons. The lowest BCUT2D eigenvalue weighted by molar-refractivity contribution is 0.0985. The van der Waals surface area contributed by atoms with Crippen molar-refractivity contribution >= 4 is 35.3 Å². The van der Waals surface area contributed by atoms with Crippen molar-refractivity contribution in [1.29, 1.82) is 0 Å². The van der Waals surface area contributed by atoms with Gasteiger partial charge in [-0.25, -0.2) is 4.98 Å². The highest BCUT2D eigenvalue weighted by molar-refractivity contribution is 7.09. The molecule has 5 nitrogen and oxygen atoms in total. The van der Waals surface area contributed by atoms with Gasteiger partial charge in [-0.1, -0.05) is 0 Å². The zero-order valence-electron chi connectivity index (χ0n) is 11.5. The monoisotopic (exact) mass is 325 g/mol. The minimum atomic E-state index is -0.0649. The molecule has 0 bridgehead atoms. The molecule has 2 aromatic rings. The van der Waals surface area contributed by atoms with Crippen LogP contribution in [0.3, 0.4) is 0 Å². The third-order valence-electron chi connectivity index (χ3n) is 3.37. The largest absolute Gasteiger partial charge is 0.497 e. The van der Waals surface area contributed by atoms with Gasteiger partial charge in [0.15, 0.2) is 0 Å². The van der Waals surface area contributed by atoms with E-state index in [1.165, 1.54) is 11.3 Å². The summed E-state index contributed by atoms with van der Waals surface area (Å²) in [5.41, 5.74) is 8.08. The predicted molar refractivity (Wildman–Crippen MR) is 85.6 cm³/mol. The van der Waals surface area contributed by atoms with E-state index in [9.17, 15) is 4.79 Å². The van der Waals surface area contributed by atoms with Gasteiger partial charge in [0.25, 0.3) is 5.91 Å². The number of carbonyl (C=O) groups excluding carboxylic acids is 1. The van der Waals surface area contributed by atoms with Crippen LogP contribution >= 0.6 is 23.7 Å². The van der Waals surface area contributed by atoms with Crippen LogP contribution in [-0.2, 0) is 13.0 Å². The Balaban J connectivity index is 0.00000161. The standard InChI is InChI=1S/C14H15N3O2S.ClH/c1-19-10-2-3-12-9(6-10)4-5-17(12)14(18)11-8-20-13(7-15)16-11;/h2-3,6,8H,4-5,7,15H2,1H3;1H. The van der Waals surface area contributed by atoms with E-state index in [2.05, 4.69) is 4.98 Å². The fourth-order valence-electron chi connectivity index (χ4n) is 2.36. The molecule has 2 N–H and O–H groups in total. The molecule has 0 fully saturated rings. The van der Waals surface area contributed by atoms with Gasteiger partial charge in [0.2, 0.25) is 0 Å². The van der Waals surface area contributed by atoms with E-state index in [1.54, 1.807) is 17.4 Å². The Labute approximate surface area is 133 Å². The minimum absolute atomic E-state index is 0. The second-order valence-electron chi connectivity index (χ2n) is 4.53. The van der Waals surface area contributed by atoms with Crippen molar-refractivity contribution in [3.05, 3.63) is 39.8 Å². The molecule has 1 aromatic heterocycles. The van der Waals surface area contributed by atoms with Crippen LogP contribution < -0.4 is 15.4 Å². The highest BCUT2D eigenvalue weighted by Gasteiger charge is 2.27. The summed E-state index contributed by atoms with van der Waals surface area (Å²) in [5, 5.41) is 2.55. The van der Waals surface area contributed by atoms with Gasteiger partial charge in [0, 0.05) is 24.2 Å². The summed E-state index contributed by atoms with van der Waals surface area (Å²) in [6.45, 7) is 1.04. The molecule has 0 spiro atoms. The maximum Gasteiger partial charge on any atom is 0.277 e. The molecule has 2 heterocycles. The number of carbonyl (C=O) groups is 1. The van der Waals surface area contributed by atoms with Crippen LogP contribution in [0.15, 0.2) is 23.6 Å². The van der Waals surface area contributed by atoms with E-state index in [4.69, 9.17) is 10.5 Å². The normalized spacial score (nSPS) is 12.8. The summed E-state index contributed by atoms with van der Waals surface area (Å²) < 4.78 is 5.21. The number of nitrogens with zero attached hydrogens (tertiary/aromatic N) is 2. The van der Waals surface area contributed by atoms with Gasteiger partial charge in [0.05, 0.1) is 7.11 Å². The first-order chi connectivity index (χ1) is 9.72. The number of hydrogen-bond acceptors (Lipinski definition) is 5. The average molecular weight is 326 g/mol. The maximum atomic E-state index is 12.5. The summed E-state index contributed by atoms with van der Waals surface area (Å²) in [5.74, 6) is 0.752. The number of ether oxygens (including phenoxy) is 1. The van der Waals surface area contributed by atoms with Gasteiger partial charge < -0.3 is 15.4 Å². The van der Waals surface area contributed by atoms with Gasteiger partial charge >= 0.3 is 0 Å². The number of hydrogen-bond donors (Lipinski definition) is 1. The highest BCUT2D eigenvalue weighted by Crippen LogP contribution is 2.32. The van der Waals surface area contributed by atoms with Gasteiger partial charge in [-0.2, -0.15) is 0 Å². The average Bonchev–Trinajstić information content (AvgIpc) is 3.12. The number of rotatable bonds is 3. The van der Waals surface area contributed by atoms with Crippen molar-refractivity contribution < 1.29 is 9.53 Å². The Kier molecular flexibility index (Phi) is 4.82. The fourth-order valence-corrected chi connectivity index (χ4v) is 3.01. The number of halogens is 1. The van der Waals surface area contributed by atoms with Crippen LogP contribution in [0.4, 0.5) is 5.69 Å². The number of aromatic nitrogens is 1. The smallest absolute Gasteiger partial charge is 0.277 e. The van der Waals surface area contributed by atoms with Gasteiger partial charge in [-0.3, -0.25) is 4.79 Å². The number of benzene rings is 1. The Bertz CT molecular complexity index is 659. The molecule has 3 rings (SSSR count). The van der Waals surface area contributed by atoms with E-state index in [0.717, 1.165) is 28.4 Å². The number of thiazole rings is 1. The molecule has 0 saturated heterocycles. The number of methoxy groups -OCH3 is 1. The van der Waals surface area contributed by atoms with Crippen LogP contribution in [0.1, 0.15) is 21.1 Å². The molecule has 1 amide bonds. The van der Waals surface area contributed by atoms with E-state index in [-0.39, 0.29) is 18.3 Å². The number of amides is 1. The predicted octanol–water partition coefficient (Wildman–Crippen LogP) is 2.24. The highest BCUT2D eigenvalue weighted by atomic mass is 35.5. The Morgan fingerprint density at radius 3 is 3.00 bits per heavy atom. The lowest BCUT2D eigenvalue weighted by atomic mass is 10.1. The summed E-state index contributed by atoms with van der Waals surface area (Å²) >= 11 is 1.42. The Morgan fingerprint density at radius 2 is 2.33 bits per heavy atom. The van der Waals surface area contributed by atoms with E-state index < -0.39 is 0 Å². The van der Waals surface area contributed by atoms with Crippen LogP contribution in [0.5, 0.6) is 5.75 Å². The molecule has 0 unspecified atom stereocenters. The first-order valence-electron chi connectivity index (χ1n) is 6.36. The Hall–Kier alpha value is -1.63. The lowest BCUT2D eigenvalue weighted by Gasteiger charge is -2.16. The van der Waals surface area contributed by atoms with Crippen molar-refractivity contribution in [2.45, 2.75) is 13.0 Å². The quantitative estimate of drug-likeness (QED) is 0.939. The van der Waals surface area contributed by atoms with E-state index >= 15 is 0 Å². The summed E-state index contributed by atoms with van der Waals surface area (Å²) in [7, 11) is 1.64. The SMILES string of the molecule is COc1ccc2c(c1)CCN2C(=O)c1csc(CN)n1.Cl. The molecule has 7 heteroatoms. The molecule has 1 aliphatic heterocycles. The van der Waals surface area contributed by atoms with Crippen molar-refractivity contribution in [1.82, 2.24) is 4.98 Å². The zero-order chi connectivity index (χ0) is 14.1. The molecular formula is C14H16ClN3O2S. The number of nitrogens with two attached hydrogens (primary N) is 1. The second kappa shape index (κ2) is 6.43. The molecule has 0 aliphatic carbocycles. The van der Waals surface area contributed by atoms with Crippen LogP contribution in [0, 0.1) is 0 Å². The van der Waals surface area contributed by atoms with Gasteiger partial charge in [-0.05, 0) is 30.2 Å². The first kappa shape index (κ1) is 15.8. The molecule has 112 valence electrons. The molecule has 1 aromatic carbocycles. The lowest BCUT2D eigenvalue weighted by Crippen LogP contribution is -2.29. The number of anilines is 1. The molecule has 21 heavy (non-hydrogen) atoms. The summed E-state index contributed by atoms with van der Waals surface area (Å²) in [4.78, 5) is 18.5. The van der Waals surface area contributed by atoms with Crippen molar-refractivity contribution in [2.75, 3.05) is 18.6 Å². The van der Waals surface area contributed by atoms with Crippen LogP contribution in [-0.4, -0.2) is 24.5 Å². The fraction of sp³-hybridized carbons (Fsp3) is 0.286. The van der Waals surface area contributed by atoms with E-state index in [1.807, 2.05) is 18.2 Å². The summed E-state index contributed by atoms with van der Waals surface area (Å²) in [6.07, 6.45) is 0.839. The summed E-state index contributed by atoms with van der Waals surface area (Å²) in [6, 6.07) is 5.78. The molecular weight excluding hydrogens is 310 g/mol. The van der Waals surface area contributed by atoms with Crippen molar-refractivity contribution in [2.24, 2.45) is 5.73 Å². The van der Waals surface area contributed by atoms with Crippen LogP contribution in [0.2, 0.25) is 0 Å². The second-order valence-corrected chi connectivity index (χ2v) is 5.47.